The fourth-order valence-corrected chi connectivity index (χ4v) is 3.37. The van der Waals surface area contributed by atoms with Gasteiger partial charge in [0.25, 0.3) is 10.1 Å². The van der Waals surface area contributed by atoms with Crippen molar-refractivity contribution in [2.24, 2.45) is 0 Å². The highest BCUT2D eigenvalue weighted by Crippen LogP contribution is 2.28. The summed E-state index contributed by atoms with van der Waals surface area (Å²) in [6.45, 7) is 0. The molecule has 27 heavy (non-hydrogen) atoms. The van der Waals surface area contributed by atoms with Crippen molar-refractivity contribution in [3.8, 4) is 16.9 Å². The third-order valence-corrected chi connectivity index (χ3v) is 4.92. The average molecular weight is 401 g/mol. The smallest absolute Gasteiger partial charge is 0.295 e. The molecule has 0 spiro atoms. The summed E-state index contributed by atoms with van der Waals surface area (Å²) in [4.78, 5) is 3.92. The highest BCUT2D eigenvalue weighted by atomic mass is 32.2. The highest BCUT2D eigenvalue weighted by Gasteiger charge is 2.50. The van der Waals surface area contributed by atoms with E-state index in [2.05, 4.69) is 4.98 Å². The van der Waals surface area contributed by atoms with Crippen molar-refractivity contribution >= 4 is 10.1 Å². The Labute approximate surface area is 153 Å². The third-order valence-electron chi connectivity index (χ3n) is 3.94. The Morgan fingerprint density at radius 1 is 1.04 bits per heavy atom. The van der Waals surface area contributed by atoms with Gasteiger partial charge in [-0.1, -0.05) is 12.1 Å². The zero-order valence-corrected chi connectivity index (χ0v) is 14.4. The molecule has 2 heterocycles. The molecule has 0 radical (unpaired) electrons. The molecule has 3 rings (SSSR count). The van der Waals surface area contributed by atoms with Gasteiger partial charge in [0.15, 0.2) is 0 Å². The first-order valence-electron chi connectivity index (χ1n) is 7.70. The van der Waals surface area contributed by atoms with E-state index >= 15 is 0 Å². The number of nitrogens with zero attached hydrogens (tertiary/aromatic N) is 1. The standard InChI is InChI=1S/C16H16FNO8S/c17-10-3-1-2-8(4-10)9-5-11(7-18-6-9)25-15-13(20)12(19)14(21)16(26-15)27(22,23)24/h1-7,12-16,19-21H,(H,22,23,24)/t12-,13-,14+,15-,16?/m1/s1. The number of hydrogen-bond acceptors (Lipinski definition) is 8. The zero-order chi connectivity index (χ0) is 19.8. The van der Waals surface area contributed by atoms with Crippen molar-refractivity contribution in [2.75, 3.05) is 0 Å². The summed E-state index contributed by atoms with van der Waals surface area (Å²) in [6, 6.07) is 7.09. The SMILES string of the molecule is O=S(=O)(O)C1O[C@@H](Oc2cncc(-c3cccc(F)c3)c2)[C@H](O)[C@@H](O)[C@@H]1O. The van der Waals surface area contributed by atoms with E-state index in [1.807, 2.05) is 0 Å². The molecule has 1 fully saturated rings. The second kappa shape index (κ2) is 7.46. The minimum Gasteiger partial charge on any atom is -0.460 e. The first-order chi connectivity index (χ1) is 12.7. The molecule has 1 unspecified atom stereocenters. The van der Waals surface area contributed by atoms with Gasteiger partial charge in [-0.25, -0.2) is 4.39 Å². The van der Waals surface area contributed by atoms with Crippen LogP contribution in [-0.2, 0) is 14.9 Å². The lowest BCUT2D eigenvalue weighted by Gasteiger charge is -2.38. The fraction of sp³-hybridized carbons (Fsp3) is 0.312. The van der Waals surface area contributed by atoms with Crippen molar-refractivity contribution in [1.29, 1.82) is 0 Å². The van der Waals surface area contributed by atoms with Gasteiger partial charge in [-0.2, -0.15) is 8.42 Å². The first-order valence-corrected chi connectivity index (χ1v) is 9.21. The molecule has 1 aromatic heterocycles. The average Bonchev–Trinajstić information content (AvgIpc) is 2.61. The molecule has 0 bridgehead atoms. The Kier molecular flexibility index (Phi) is 5.42. The summed E-state index contributed by atoms with van der Waals surface area (Å²) < 4.78 is 55.3. The van der Waals surface area contributed by atoms with Crippen molar-refractivity contribution in [2.45, 2.75) is 30.0 Å². The first kappa shape index (κ1) is 19.6. The van der Waals surface area contributed by atoms with Crippen LogP contribution in [0.1, 0.15) is 0 Å². The fourth-order valence-electron chi connectivity index (χ4n) is 2.60. The van der Waals surface area contributed by atoms with Gasteiger partial charge in [0.05, 0.1) is 6.20 Å². The molecule has 5 atom stereocenters. The van der Waals surface area contributed by atoms with E-state index in [0.717, 1.165) is 0 Å². The molecule has 0 aliphatic carbocycles. The number of rotatable bonds is 4. The number of hydrogen-bond donors (Lipinski definition) is 4. The second-order valence-corrected chi connectivity index (χ2v) is 7.39. The molecule has 9 nitrogen and oxygen atoms in total. The molecule has 1 aromatic carbocycles. The van der Waals surface area contributed by atoms with Crippen LogP contribution in [-0.4, -0.2) is 63.3 Å². The minimum absolute atomic E-state index is 0.0125. The van der Waals surface area contributed by atoms with Crippen LogP contribution >= 0.6 is 0 Å². The van der Waals surface area contributed by atoms with Gasteiger partial charge in [-0.15, -0.1) is 0 Å². The lowest BCUT2D eigenvalue weighted by atomic mass is 10.1. The maximum atomic E-state index is 13.4. The van der Waals surface area contributed by atoms with Crippen LogP contribution in [0.2, 0.25) is 0 Å². The summed E-state index contributed by atoms with van der Waals surface area (Å²) in [5, 5.41) is 29.4. The number of benzene rings is 1. The Bertz CT molecular complexity index is 924. The van der Waals surface area contributed by atoms with E-state index in [9.17, 15) is 28.1 Å². The Balaban J connectivity index is 1.85. The second-order valence-electron chi connectivity index (χ2n) is 5.90. The largest absolute Gasteiger partial charge is 0.460 e. The van der Waals surface area contributed by atoms with E-state index in [-0.39, 0.29) is 5.75 Å². The quantitative estimate of drug-likeness (QED) is 0.517. The van der Waals surface area contributed by atoms with E-state index in [1.165, 1.54) is 36.7 Å². The number of pyridine rings is 1. The summed E-state index contributed by atoms with van der Waals surface area (Å²) in [6.07, 6.45) is -4.91. The number of halogens is 1. The maximum absolute atomic E-state index is 13.4. The van der Waals surface area contributed by atoms with Gasteiger partial charge in [0.1, 0.15) is 29.9 Å². The number of ether oxygens (including phenoxy) is 2. The summed E-state index contributed by atoms with van der Waals surface area (Å²) in [5.74, 6) is -0.448. The number of aromatic nitrogens is 1. The van der Waals surface area contributed by atoms with Gasteiger partial charge >= 0.3 is 0 Å². The van der Waals surface area contributed by atoms with Crippen molar-refractivity contribution < 1.29 is 42.2 Å². The van der Waals surface area contributed by atoms with Crippen LogP contribution in [0.4, 0.5) is 4.39 Å². The molecule has 4 N–H and O–H groups in total. The normalized spacial score (nSPS) is 28.7. The lowest BCUT2D eigenvalue weighted by molar-refractivity contribution is -0.254. The van der Waals surface area contributed by atoms with Crippen LogP contribution in [0, 0.1) is 5.82 Å². The van der Waals surface area contributed by atoms with Gasteiger partial charge in [0.2, 0.25) is 11.7 Å². The lowest BCUT2D eigenvalue weighted by Crippen LogP contribution is -2.61. The summed E-state index contributed by atoms with van der Waals surface area (Å²) in [5.41, 5.74) is -1.26. The monoisotopic (exact) mass is 401 g/mol. The molecule has 1 saturated heterocycles. The molecule has 146 valence electrons. The molecular weight excluding hydrogens is 385 g/mol. The molecule has 0 amide bonds. The van der Waals surface area contributed by atoms with Gasteiger partial charge in [-0.05, 0) is 23.8 Å². The molecule has 2 aromatic rings. The third kappa shape index (κ3) is 4.24. The minimum atomic E-state index is -4.89. The van der Waals surface area contributed by atoms with Gasteiger partial charge in [-0.3, -0.25) is 9.54 Å². The summed E-state index contributed by atoms with van der Waals surface area (Å²) >= 11 is 0. The predicted octanol–water partition coefficient (Wildman–Crippen LogP) is -0.0806. The van der Waals surface area contributed by atoms with Crippen LogP contribution in [0.25, 0.3) is 11.1 Å². The zero-order valence-electron chi connectivity index (χ0n) is 13.6. The molecule has 0 saturated carbocycles. The van der Waals surface area contributed by atoms with Gasteiger partial charge in [0, 0.05) is 11.8 Å². The van der Waals surface area contributed by atoms with E-state index in [4.69, 9.17) is 14.0 Å². The Morgan fingerprint density at radius 3 is 2.44 bits per heavy atom. The maximum Gasteiger partial charge on any atom is 0.295 e. The molecule has 1 aliphatic rings. The van der Waals surface area contributed by atoms with Crippen LogP contribution in [0.15, 0.2) is 42.7 Å². The van der Waals surface area contributed by atoms with Crippen LogP contribution < -0.4 is 4.74 Å². The Hall–Kier alpha value is -2.15. The molecular formula is C16H16FNO8S. The van der Waals surface area contributed by atoms with Crippen molar-refractivity contribution in [3.05, 3.63) is 48.5 Å². The van der Waals surface area contributed by atoms with E-state index in [0.29, 0.717) is 11.1 Å². The number of aliphatic hydroxyl groups excluding tert-OH is 3. The molecule has 11 heteroatoms. The Morgan fingerprint density at radius 2 is 1.78 bits per heavy atom. The topological polar surface area (TPSA) is 146 Å². The van der Waals surface area contributed by atoms with Gasteiger partial charge < -0.3 is 24.8 Å². The van der Waals surface area contributed by atoms with Crippen LogP contribution in [0.5, 0.6) is 5.75 Å². The highest BCUT2D eigenvalue weighted by molar-refractivity contribution is 7.86. The summed E-state index contributed by atoms with van der Waals surface area (Å²) in [7, 11) is -4.89. The van der Waals surface area contributed by atoms with E-state index < -0.39 is 46.0 Å². The van der Waals surface area contributed by atoms with E-state index in [1.54, 1.807) is 6.07 Å². The predicted molar refractivity (Wildman–Crippen MR) is 88.5 cm³/mol. The molecule has 1 aliphatic heterocycles. The van der Waals surface area contributed by atoms with Crippen molar-refractivity contribution in [3.63, 3.8) is 0 Å². The van der Waals surface area contributed by atoms with Crippen molar-refractivity contribution in [1.82, 2.24) is 4.98 Å². The number of aliphatic hydroxyl groups is 3. The van der Waals surface area contributed by atoms with Crippen LogP contribution in [0.3, 0.4) is 0 Å².